The van der Waals surface area contributed by atoms with Crippen LogP contribution in [0.3, 0.4) is 0 Å². The Morgan fingerprint density at radius 1 is 1.11 bits per heavy atom. The van der Waals surface area contributed by atoms with Gasteiger partial charge in [0.1, 0.15) is 5.82 Å². The molecular weight excluding hydrogens is 341 g/mol. The minimum Gasteiger partial charge on any atom is -0.345 e. The SMILES string of the molecule is CC(NC(=O)c1cn[nH]c1-c1ccc(F)cc1)c1ccc2c(c1)CCCC2. The second-order valence-corrected chi connectivity index (χ2v) is 7.10. The molecule has 1 aliphatic rings. The lowest BCUT2D eigenvalue weighted by molar-refractivity contribution is 0.0940. The third-order valence-corrected chi connectivity index (χ3v) is 5.24. The molecule has 3 aromatic rings. The van der Waals surface area contributed by atoms with Gasteiger partial charge in [-0.15, -0.1) is 0 Å². The summed E-state index contributed by atoms with van der Waals surface area (Å²) in [5, 5.41) is 9.90. The number of benzene rings is 2. The van der Waals surface area contributed by atoms with Gasteiger partial charge in [0, 0.05) is 5.56 Å². The minimum absolute atomic E-state index is 0.110. The number of nitrogens with one attached hydrogen (secondary N) is 2. The summed E-state index contributed by atoms with van der Waals surface area (Å²) in [5.74, 6) is -0.515. The third kappa shape index (κ3) is 3.63. The number of aromatic nitrogens is 2. The summed E-state index contributed by atoms with van der Waals surface area (Å²) >= 11 is 0. The highest BCUT2D eigenvalue weighted by Crippen LogP contribution is 2.26. The van der Waals surface area contributed by atoms with Gasteiger partial charge in [0.05, 0.1) is 23.5 Å². The third-order valence-electron chi connectivity index (χ3n) is 5.24. The molecule has 1 amide bonds. The Kier molecular flexibility index (Phi) is 4.75. The van der Waals surface area contributed by atoms with Crippen molar-refractivity contribution in [2.75, 3.05) is 0 Å². The van der Waals surface area contributed by atoms with E-state index in [0.717, 1.165) is 24.0 Å². The zero-order chi connectivity index (χ0) is 18.8. The molecule has 2 aromatic carbocycles. The van der Waals surface area contributed by atoms with E-state index in [1.54, 1.807) is 12.1 Å². The lowest BCUT2D eigenvalue weighted by Crippen LogP contribution is -2.27. The van der Waals surface area contributed by atoms with Crippen LogP contribution >= 0.6 is 0 Å². The summed E-state index contributed by atoms with van der Waals surface area (Å²) < 4.78 is 13.2. The molecule has 0 aliphatic heterocycles. The minimum atomic E-state index is -0.315. The number of carbonyl (C=O) groups excluding carboxylic acids is 1. The maximum absolute atomic E-state index is 13.2. The van der Waals surface area contributed by atoms with Crippen LogP contribution in [0, 0.1) is 5.82 Å². The molecule has 1 aliphatic carbocycles. The number of hydrogen-bond donors (Lipinski definition) is 2. The van der Waals surface area contributed by atoms with E-state index in [1.165, 1.54) is 42.3 Å². The predicted molar refractivity (Wildman–Crippen MR) is 103 cm³/mol. The van der Waals surface area contributed by atoms with Gasteiger partial charge in [0.15, 0.2) is 0 Å². The molecule has 0 bridgehead atoms. The zero-order valence-electron chi connectivity index (χ0n) is 15.3. The van der Waals surface area contributed by atoms with Gasteiger partial charge in [-0.3, -0.25) is 9.89 Å². The highest BCUT2D eigenvalue weighted by molar-refractivity contribution is 5.99. The summed E-state index contributed by atoms with van der Waals surface area (Å²) in [7, 11) is 0. The fraction of sp³-hybridized carbons (Fsp3) is 0.273. The molecule has 138 valence electrons. The van der Waals surface area contributed by atoms with Gasteiger partial charge in [-0.25, -0.2) is 4.39 Å². The van der Waals surface area contributed by atoms with E-state index in [-0.39, 0.29) is 17.8 Å². The number of rotatable bonds is 4. The van der Waals surface area contributed by atoms with E-state index in [0.29, 0.717) is 11.3 Å². The van der Waals surface area contributed by atoms with Crippen LogP contribution in [0.2, 0.25) is 0 Å². The second-order valence-electron chi connectivity index (χ2n) is 7.10. The molecule has 2 N–H and O–H groups in total. The molecule has 4 nitrogen and oxygen atoms in total. The van der Waals surface area contributed by atoms with E-state index in [4.69, 9.17) is 0 Å². The smallest absolute Gasteiger partial charge is 0.255 e. The Morgan fingerprint density at radius 2 is 1.85 bits per heavy atom. The molecule has 1 atom stereocenters. The maximum atomic E-state index is 13.2. The summed E-state index contributed by atoms with van der Waals surface area (Å²) in [6.07, 6.45) is 6.25. The number of H-pyrrole nitrogens is 1. The van der Waals surface area contributed by atoms with E-state index < -0.39 is 0 Å². The fourth-order valence-corrected chi connectivity index (χ4v) is 3.68. The van der Waals surface area contributed by atoms with E-state index in [2.05, 4.69) is 33.7 Å². The Bertz CT molecular complexity index is 962. The monoisotopic (exact) mass is 363 g/mol. The van der Waals surface area contributed by atoms with Gasteiger partial charge in [0.2, 0.25) is 0 Å². The van der Waals surface area contributed by atoms with Crippen LogP contribution in [0.4, 0.5) is 4.39 Å². The molecule has 1 aromatic heterocycles. The van der Waals surface area contributed by atoms with Crippen molar-refractivity contribution in [3.05, 3.63) is 76.7 Å². The maximum Gasteiger partial charge on any atom is 0.255 e. The molecule has 4 rings (SSSR count). The van der Waals surface area contributed by atoms with E-state index in [9.17, 15) is 9.18 Å². The highest BCUT2D eigenvalue weighted by Gasteiger charge is 2.19. The van der Waals surface area contributed by atoms with Crippen LogP contribution in [-0.2, 0) is 12.8 Å². The fourth-order valence-electron chi connectivity index (χ4n) is 3.68. The van der Waals surface area contributed by atoms with Crippen molar-refractivity contribution in [3.63, 3.8) is 0 Å². The quantitative estimate of drug-likeness (QED) is 0.712. The van der Waals surface area contributed by atoms with Crippen molar-refractivity contribution in [2.45, 2.75) is 38.6 Å². The van der Waals surface area contributed by atoms with Gasteiger partial charge in [-0.1, -0.05) is 18.2 Å². The number of aryl methyl sites for hydroxylation is 2. The van der Waals surface area contributed by atoms with Crippen molar-refractivity contribution < 1.29 is 9.18 Å². The van der Waals surface area contributed by atoms with Gasteiger partial charge in [-0.2, -0.15) is 5.10 Å². The molecule has 27 heavy (non-hydrogen) atoms. The zero-order valence-corrected chi connectivity index (χ0v) is 15.3. The Balaban J connectivity index is 1.53. The number of amides is 1. The number of carbonyl (C=O) groups is 1. The van der Waals surface area contributed by atoms with E-state index in [1.807, 2.05) is 6.92 Å². The van der Waals surface area contributed by atoms with Gasteiger partial charge >= 0.3 is 0 Å². The van der Waals surface area contributed by atoms with Gasteiger partial charge < -0.3 is 5.32 Å². The van der Waals surface area contributed by atoms with E-state index >= 15 is 0 Å². The average molecular weight is 363 g/mol. The number of aromatic amines is 1. The van der Waals surface area contributed by atoms with Crippen molar-refractivity contribution in [1.82, 2.24) is 15.5 Å². The number of nitrogens with zero attached hydrogens (tertiary/aromatic N) is 1. The molecular formula is C22H22FN3O. The molecule has 0 saturated heterocycles. The molecule has 0 saturated carbocycles. The second kappa shape index (κ2) is 7.35. The van der Waals surface area contributed by atoms with Crippen molar-refractivity contribution in [2.24, 2.45) is 0 Å². The Morgan fingerprint density at radius 3 is 2.63 bits per heavy atom. The van der Waals surface area contributed by atoms with Crippen molar-refractivity contribution in [1.29, 1.82) is 0 Å². The molecule has 0 spiro atoms. The molecule has 5 heteroatoms. The molecule has 1 heterocycles. The molecule has 1 unspecified atom stereocenters. The first-order chi connectivity index (χ1) is 13.1. The van der Waals surface area contributed by atoms with Crippen LogP contribution in [0.15, 0.2) is 48.7 Å². The number of fused-ring (bicyclic) bond motifs is 1. The molecule has 0 fully saturated rings. The van der Waals surface area contributed by atoms with Crippen molar-refractivity contribution >= 4 is 5.91 Å². The first-order valence-corrected chi connectivity index (χ1v) is 9.33. The lowest BCUT2D eigenvalue weighted by Gasteiger charge is -2.20. The van der Waals surface area contributed by atoms with Crippen molar-refractivity contribution in [3.8, 4) is 11.3 Å². The highest BCUT2D eigenvalue weighted by atomic mass is 19.1. The normalized spacial score (nSPS) is 14.4. The standard InChI is InChI=1S/C22H22FN3O/c1-14(17-7-6-15-4-2-3-5-18(15)12-17)25-22(27)20-13-24-26-21(20)16-8-10-19(23)11-9-16/h6-14H,2-5H2,1H3,(H,24,26)(H,25,27). The van der Waals surface area contributed by atoms with Crippen LogP contribution in [-0.4, -0.2) is 16.1 Å². The predicted octanol–water partition coefficient (Wildman–Crippen LogP) is 4.59. The first kappa shape index (κ1) is 17.5. The summed E-state index contributed by atoms with van der Waals surface area (Å²) in [6, 6.07) is 12.4. The summed E-state index contributed by atoms with van der Waals surface area (Å²) in [4.78, 5) is 12.8. The van der Waals surface area contributed by atoms with Crippen LogP contribution < -0.4 is 5.32 Å². The molecule has 0 radical (unpaired) electrons. The largest absolute Gasteiger partial charge is 0.345 e. The Hall–Kier alpha value is -2.95. The summed E-state index contributed by atoms with van der Waals surface area (Å²) in [5.41, 5.74) is 5.69. The van der Waals surface area contributed by atoms with Crippen LogP contribution in [0.25, 0.3) is 11.3 Å². The Labute approximate surface area is 157 Å². The topological polar surface area (TPSA) is 57.8 Å². The first-order valence-electron chi connectivity index (χ1n) is 9.33. The summed E-state index contributed by atoms with van der Waals surface area (Å²) in [6.45, 7) is 1.99. The van der Waals surface area contributed by atoms with Crippen LogP contribution in [0.1, 0.15) is 52.9 Å². The van der Waals surface area contributed by atoms with Gasteiger partial charge in [-0.05, 0) is 73.6 Å². The van der Waals surface area contributed by atoms with Crippen LogP contribution in [0.5, 0.6) is 0 Å². The van der Waals surface area contributed by atoms with Gasteiger partial charge in [0.25, 0.3) is 5.91 Å². The number of hydrogen-bond acceptors (Lipinski definition) is 2. The average Bonchev–Trinajstić information content (AvgIpc) is 3.18. The number of halogens is 1. The lowest BCUT2D eigenvalue weighted by atomic mass is 9.89.